The highest BCUT2D eigenvalue weighted by molar-refractivity contribution is 6.30. The largest absolute Gasteiger partial charge is 0.327 e. The summed E-state index contributed by atoms with van der Waals surface area (Å²) in [6, 6.07) is 11.7. The molecule has 22 heavy (non-hydrogen) atoms. The first-order valence-corrected chi connectivity index (χ1v) is 7.53. The number of allylic oxidation sites excluding steroid dienone is 3. The van der Waals surface area contributed by atoms with Gasteiger partial charge in [0.2, 0.25) is 0 Å². The van der Waals surface area contributed by atoms with Gasteiger partial charge in [-0.2, -0.15) is 5.10 Å². The van der Waals surface area contributed by atoms with Gasteiger partial charge in [0.25, 0.3) is 0 Å². The van der Waals surface area contributed by atoms with Gasteiger partial charge in [-0.3, -0.25) is 0 Å². The van der Waals surface area contributed by atoms with E-state index >= 15 is 0 Å². The summed E-state index contributed by atoms with van der Waals surface area (Å²) in [6.07, 6.45) is 4.20. The van der Waals surface area contributed by atoms with Crippen molar-refractivity contribution in [3.8, 4) is 0 Å². The Hall–Kier alpha value is -2.13. The van der Waals surface area contributed by atoms with Crippen LogP contribution in [-0.2, 0) is 0 Å². The lowest BCUT2D eigenvalue weighted by Crippen LogP contribution is -2.17. The van der Waals surface area contributed by atoms with Crippen LogP contribution in [0, 0.1) is 6.92 Å². The third-order valence-corrected chi connectivity index (χ3v) is 3.70. The molecule has 2 aromatic rings. The lowest BCUT2D eigenvalue weighted by Gasteiger charge is -2.22. The van der Waals surface area contributed by atoms with E-state index < -0.39 is 0 Å². The molecule has 0 fully saturated rings. The fourth-order valence-electron chi connectivity index (χ4n) is 1.99. The van der Waals surface area contributed by atoms with Crippen LogP contribution < -0.4 is 4.90 Å². The highest BCUT2D eigenvalue weighted by Crippen LogP contribution is 2.25. The molecule has 0 bridgehead atoms. The molecule has 114 valence electrons. The van der Waals surface area contributed by atoms with E-state index in [0.717, 1.165) is 27.8 Å². The van der Waals surface area contributed by atoms with Crippen LogP contribution in [0.1, 0.15) is 25.1 Å². The quantitative estimate of drug-likeness (QED) is 0.753. The van der Waals surface area contributed by atoms with E-state index in [1.54, 1.807) is 0 Å². The van der Waals surface area contributed by atoms with Crippen LogP contribution in [0.15, 0.2) is 54.1 Å². The van der Waals surface area contributed by atoms with E-state index in [0.29, 0.717) is 0 Å². The van der Waals surface area contributed by atoms with Gasteiger partial charge >= 0.3 is 0 Å². The first-order chi connectivity index (χ1) is 10.5. The van der Waals surface area contributed by atoms with Gasteiger partial charge in [-0.05, 0) is 56.7 Å². The second kappa shape index (κ2) is 7.23. The average Bonchev–Trinajstić information content (AvgIpc) is 2.53. The standard InChI is InChI=1S/C18H20ClN3/c1-5-13(2)12-17(15-7-9-16(19)10-8-15)22(4)18-11-6-14(3)20-21-18/h5-12H,1-4H3/b13-5-,17-12-. The number of halogens is 1. The van der Waals surface area contributed by atoms with Crippen molar-refractivity contribution >= 4 is 23.1 Å². The van der Waals surface area contributed by atoms with Gasteiger partial charge in [0.05, 0.1) is 5.69 Å². The summed E-state index contributed by atoms with van der Waals surface area (Å²) in [4.78, 5) is 2.03. The second-order valence-electron chi connectivity index (χ2n) is 5.16. The third kappa shape index (κ3) is 3.95. The fraction of sp³-hybridized carbons (Fsp3) is 0.222. The highest BCUT2D eigenvalue weighted by Gasteiger charge is 2.11. The predicted molar refractivity (Wildman–Crippen MR) is 94.0 cm³/mol. The Morgan fingerprint density at radius 3 is 2.32 bits per heavy atom. The molecule has 4 heteroatoms. The smallest absolute Gasteiger partial charge is 0.155 e. The molecule has 1 aromatic carbocycles. The number of rotatable bonds is 4. The Kier molecular flexibility index (Phi) is 5.34. The van der Waals surface area contributed by atoms with Crippen LogP contribution in [0.3, 0.4) is 0 Å². The molecule has 0 aliphatic heterocycles. The minimum atomic E-state index is 0.726. The molecule has 0 N–H and O–H groups in total. The van der Waals surface area contributed by atoms with Gasteiger partial charge in [-0.15, -0.1) is 5.10 Å². The molecule has 0 saturated heterocycles. The Morgan fingerprint density at radius 1 is 1.09 bits per heavy atom. The predicted octanol–water partition coefficient (Wildman–Crippen LogP) is 4.88. The number of benzene rings is 1. The molecule has 1 heterocycles. The molecule has 0 unspecified atom stereocenters. The van der Waals surface area contributed by atoms with Crippen molar-refractivity contribution in [2.24, 2.45) is 0 Å². The topological polar surface area (TPSA) is 29.0 Å². The van der Waals surface area contributed by atoms with Crippen LogP contribution in [0.2, 0.25) is 5.02 Å². The first-order valence-electron chi connectivity index (χ1n) is 7.16. The number of aryl methyl sites for hydroxylation is 1. The van der Waals surface area contributed by atoms with Gasteiger partial charge in [0, 0.05) is 17.8 Å². The van der Waals surface area contributed by atoms with E-state index in [4.69, 9.17) is 11.6 Å². The minimum Gasteiger partial charge on any atom is -0.327 e. The van der Waals surface area contributed by atoms with Crippen LogP contribution in [0.5, 0.6) is 0 Å². The maximum atomic E-state index is 6.00. The molecule has 3 nitrogen and oxygen atoms in total. The first kappa shape index (κ1) is 16.2. The maximum absolute atomic E-state index is 6.00. The van der Waals surface area contributed by atoms with Crippen molar-refractivity contribution in [1.29, 1.82) is 0 Å². The summed E-state index contributed by atoms with van der Waals surface area (Å²) in [5.74, 6) is 0.802. The third-order valence-electron chi connectivity index (χ3n) is 3.45. The zero-order valence-corrected chi connectivity index (χ0v) is 14.1. The Morgan fingerprint density at radius 2 is 1.77 bits per heavy atom. The summed E-state index contributed by atoms with van der Waals surface area (Å²) in [5, 5.41) is 9.13. The van der Waals surface area contributed by atoms with Gasteiger partial charge in [-0.1, -0.05) is 35.4 Å². The number of hydrogen-bond acceptors (Lipinski definition) is 3. The monoisotopic (exact) mass is 313 g/mol. The van der Waals surface area contributed by atoms with Crippen molar-refractivity contribution in [3.63, 3.8) is 0 Å². The van der Waals surface area contributed by atoms with Gasteiger partial charge in [0.1, 0.15) is 0 Å². The number of nitrogens with zero attached hydrogens (tertiary/aromatic N) is 3. The Balaban J connectivity index is 2.46. The lowest BCUT2D eigenvalue weighted by atomic mass is 10.1. The van der Waals surface area contributed by atoms with E-state index in [2.05, 4.69) is 29.3 Å². The fourth-order valence-corrected chi connectivity index (χ4v) is 2.11. The van der Waals surface area contributed by atoms with E-state index in [9.17, 15) is 0 Å². The van der Waals surface area contributed by atoms with E-state index in [1.165, 1.54) is 5.57 Å². The van der Waals surface area contributed by atoms with Crippen molar-refractivity contribution in [1.82, 2.24) is 10.2 Å². The Labute approximate surface area is 136 Å². The van der Waals surface area contributed by atoms with Crippen molar-refractivity contribution in [2.45, 2.75) is 20.8 Å². The SMILES string of the molecule is C/C=C(C)\C=C(\c1ccc(Cl)cc1)N(C)c1ccc(C)nn1. The van der Waals surface area contributed by atoms with Crippen LogP contribution >= 0.6 is 11.6 Å². The van der Waals surface area contributed by atoms with Gasteiger partial charge < -0.3 is 4.90 Å². The van der Waals surface area contributed by atoms with Crippen LogP contribution in [0.4, 0.5) is 5.82 Å². The molecule has 0 amide bonds. The molecular formula is C18H20ClN3. The summed E-state index contributed by atoms with van der Waals surface area (Å²) in [5.41, 5.74) is 4.21. The summed E-state index contributed by atoms with van der Waals surface area (Å²) < 4.78 is 0. The zero-order chi connectivity index (χ0) is 16.1. The lowest BCUT2D eigenvalue weighted by molar-refractivity contribution is 0.953. The number of hydrogen-bond donors (Lipinski definition) is 0. The van der Waals surface area contributed by atoms with Crippen molar-refractivity contribution in [2.75, 3.05) is 11.9 Å². The van der Waals surface area contributed by atoms with Gasteiger partial charge in [-0.25, -0.2) is 0 Å². The molecule has 1 aromatic heterocycles. The average molecular weight is 314 g/mol. The Bertz CT molecular complexity index is 685. The number of aromatic nitrogens is 2. The molecule has 2 rings (SSSR count). The summed E-state index contributed by atoms with van der Waals surface area (Å²) >= 11 is 6.00. The number of anilines is 1. The molecule has 0 atom stereocenters. The highest BCUT2D eigenvalue weighted by atomic mass is 35.5. The van der Waals surface area contributed by atoms with Crippen molar-refractivity contribution < 1.29 is 0 Å². The summed E-state index contributed by atoms with van der Waals surface area (Å²) in [7, 11) is 1.99. The second-order valence-corrected chi connectivity index (χ2v) is 5.60. The molecule has 0 aliphatic carbocycles. The normalized spacial score (nSPS) is 12.4. The van der Waals surface area contributed by atoms with E-state index in [1.807, 2.05) is 62.2 Å². The maximum Gasteiger partial charge on any atom is 0.155 e. The van der Waals surface area contributed by atoms with Crippen molar-refractivity contribution in [3.05, 3.63) is 70.4 Å². The van der Waals surface area contributed by atoms with Crippen LogP contribution in [0.25, 0.3) is 5.70 Å². The van der Waals surface area contributed by atoms with Gasteiger partial charge in [0.15, 0.2) is 5.82 Å². The van der Waals surface area contributed by atoms with Crippen LogP contribution in [-0.4, -0.2) is 17.2 Å². The molecule has 0 spiro atoms. The molecule has 0 radical (unpaired) electrons. The molecule has 0 aliphatic rings. The zero-order valence-electron chi connectivity index (χ0n) is 13.3. The molecule has 0 saturated carbocycles. The van der Waals surface area contributed by atoms with E-state index in [-0.39, 0.29) is 0 Å². The minimum absolute atomic E-state index is 0.726. The summed E-state index contributed by atoms with van der Waals surface area (Å²) in [6.45, 7) is 6.03. The molecular weight excluding hydrogens is 294 g/mol.